The van der Waals surface area contributed by atoms with Crippen LogP contribution in [0.1, 0.15) is 20.8 Å². The van der Waals surface area contributed by atoms with Crippen LogP contribution in [0, 0.1) is 0 Å². The Morgan fingerprint density at radius 3 is 2.37 bits per heavy atom. The minimum absolute atomic E-state index is 0.183. The van der Waals surface area contributed by atoms with Gasteiger partial charge in [0.25, 0.3) is 0 Å². The highest BCUT2D eigenvalue weighted by Crippen LogP contribution is 2.48. The molecule has 4 aliphatic rings. The molecule has 19 heavy (non-hydrogen) atoms. The van der Waals surface area contributed by atoms with Crippen molar-refractivity contribution in [3.05, 3.63) is 0 Å². The molecule has 0 aliphatic carbocycles. The van der Waals surface area contributed by atoms with E-state index in [1.165, 1.54) is 6.92 Å². The fourth-order valence-corrected chi connectivity index (χ4v) is 3.07. The molecule has 0 aromatic rings. The standard InChI is InChI=1S/C12H19NO6/c1-7(15)13-11-5-16-12(4-14,17-6-11)9-8(11)18-10(2,3)19-9/h8-9,14H,4-6H2,1-3H3,(H,13,15). The minimum Gasteiger partial charge on any atom is -0.391 e. The van der Waals surface area contributed by atoms with Crippen molar-refractivity contribution < 1.29 is 28.8 Å². The Morgan fingerprint density at radius 2 is 1.84 bits per heavy atom. The van der Waals surface area contributed by atoms with E-state index in [4.69, 9.17) is 18.9 Å². The lowest BCUT2D eigenvalue weighted by atomic mass is 9.81. The van der Waals surface area contributed by atoms with Gasteiger partial charge in [0, 0.05) is 6.92 Å². The molecule has 4 heterocycles. The maximum absolute atomic E-state index is 11.4. The number of nitrogens with one attached hydrogen (secondary N) is 1. The van der Waals surface area contributed by atoms with Crippen LogP contribution in [-0.4, -0.2) is 60.2 Å². The maximum atomic E-state index is 11.4. The second kappa shape index (κ2) is 3.89. The average molecular weight is 273 g/mol. The summed E-state index contributed by atoms with van der Waals surface area (Å²) in [6.07, 6.45) is -0.970. The molecule has 2 atom stereocenters. The van der Waals surface area contributed by atoms with E-state index in [1.807, 2.05) is 0 Å². The van der Waals surface area contributed by atoms with Crippen LogP contribution < -0.4 is 5.32 Å². The molecule has 4 saturated heterocycles. The van der Waals surface area contributed by atoms with E-state index in [2.05, 4.69) is 5.32 Å². The Hall–Kier alpha value is -0.730. The van der Waals surface area contributed by atoms with Gasteiger partial charge in [-0.25, -0.2) is 0 Å². The average Bonchev–Trinajstić information content (AvgIpc) is 2.67. The predicted octanol–water partition coefficient (Wildman–Crippen LogP) is -0.870. The van der Waals surface area contributed by atoms with Gasteiger partial charge in [0.1, 0.15) is 24.4 Å². The zero-order chi connectivity index (χ0) is 13.9. The number of aliphatic hydroxyl groups is 1. The molecule has 4 rings (SSSR count). The monoisotopic (exact) mass is 273 g/mol. The smallest absolute Gasteiger partial charge is 0.221 e. The van der Waals surface area contributed by atoms with Crippen molar-refractivity contribution in [2.24, 2.45) is 0 Å². The summed E-state index contributed by atoms with van der Waals surface area (Å²) in [6, 6.07) is 0. The zero-order valence-corrected chi connectivity index (χ0v) is 11.3. The molecule has 2 N–H and O–H groups in total. The van der Waals surface area contributed by atoms with E-state index in [0.29, 0.717) is 0 Å². The minimum atomic E-state index is -1.20. The van der Waals surface area contributed by atoms with Gasteiger partial charge in [-0.15, -0.1) is 0 Å². The van der Waals surface area contributed by atoms with Crippen molar-refractivity contribution >= 4 is 5.91 Å². The van der Waals surface area contributed by atoms with Crippen LogP contribution in [0.3, 0.4) is 0 Å². The van der Waals surface area contributed by atoms with E-state index in [-0.39, 0.29) is 25.7 Å². The summed E-state index contributed by atoms with van der Waals surface area (Å²) in [6.45, 7) is 5.16. The lowest BCUT2D eigenvalue weighted by molar-refractivity contribution is -0.379. The van der Waals surface area contributed by atoms with Crippen molar-refractivity contribution in [3.63, 3.8) is 0 Å². The Labute approximate surface area is 111 Å². The third-order valence-electron chi connectivity index (χ3n) is 3.87. The first-order valence-electron chi connectivity index (χ1n) is 6.36. The van der Waals surface area contributed by atoms with Gasteiger partial charge < -0.3 is 29.4 Å². The molecule has 2 bridgehead atoms. The summed E-state index contributed by atoms with van der Waals surface area (Å²) >= 11 is 0. The molecule has 0 aromatic heterocycles. The first-order valence-corrected chi connectivity index (χ1v) is 6.36. The van der Waals surface area contributed by atoms with Gasteiger partial charge in [0.2, 0.25) is 11.7 Å². The van der Waals surface area contributed by atoms with E-state index < -0.39 is 29.3 Å². The molecule has 0 saturated carbocycles. The molecule has 0 aromatic carbocycles. The summed E-state index contributed by atoms with van der Waals surface area (Å²) in [4.78, 5) is 11.4. The maximum Gasteiger partial charge on any atom is 0.221 e. The summed E-state index contributed by atoms with van der Waals surface area (Å²) in [5, 5.41) is 12.4. The van der Waals surface area contributed by atoms with Gasteiger partial charge in [-0.1, -0.05) is 0 Å². The second-order valence-corrected chi connectivity index (χ2v) is 5.86. The van der Waals surface area contributed by atoms with E-state index in [9.17, 15) is 9.90 Å². The third-order valence-corrected chi connectivity index (χ3v) is 3.87. The van der Waals surface area contributed by atoms with Crippen molar-refractivity contribution in [2.75, 3.05) is 19.8 Å². The Morgan fingerprint density at radius 1 is 1.26 bits per heavy atom. The highest BCUT2D eigenvalue weighted by atomic mass is 16.8. The zero-order valence-electron chi connectivity index (χ0n) is 11.3. The number of fused-ring (bicyclic) bond motifs is 2. The van der Waals surface area contributed by atoms with Crippen molar-refractivity contribution in [1.82, 2.24) is 5.32 Å². The molecule has 4 fully saturated rings. The molecule has 7 nitrogen and oxygen atoms in total. The molecule has 7 heteroatoms. The van der Waals surface area contributed by atoms with Crippen LogP contribution in [0.4, 0.5) is 0 Å². The van der Waals surface area contributed by atoms with Crippen LogP contribution in [0.2, 0.25) is 0 Å². The van der Waals surface area contributed by atoms with E-state index in [1.54, 1.807) is 13.8 Å². The summed E-state index contributed by atoms with van der Waals surface area (Å²) in [7, 11) is 0. The van der Waals surface area contributed by atoms with Gasteiger partial charge in [-0.05, 0) is 13.8 Å². The first-order chi connectivity index (χ1) is 8.83. The van der Waals surface area contributed by atoms with Gasteiger partial charge in [0.05, 0.1) is 13.2 Å². The van der Waals surface area contributed by atoms with Gasteiger partial charge in [0.15, 0.2) is 5.79 Å². The number of rotatable bonds is 2. The van der Waals surface area contributed by atoms with Crippen LogP contribution in [0.15, 0.2) is 0 Å². The Balaban J connectivity index is 1.97. The van der Waals surface area contributed by atoms with Crippen molar-refractivity contribution in [2.45, 2.75) is 50.1 Å². The topological polar surface area (TPSA) is 86.3 Å². The fourth-order valence-electron chi connectivity index (χ4n) is 3.07. The van der Waals surface area contributed by atoms with Crippen LogP contribution in [0.5, 0.6) is 0 Å². The molecular weight excluding hydrogens is 254 g/mol. The summed E-state index contributed by atoms with van der Waals surface area (Å²) in [5.41, 5.74) is -0.763. The van der Waals surface area contributed by atoms with E-state index in [0.717, 1.165) is 0 Å². The molecular formula is C12H19NO6. The van der Waals surface area contributed by atoms with Crippen molar-refractivity contribution in [3.8, 4) is 0 Å². The second-order valence-electron chi connectivity index (χ2n) is 5.86. The van der Waals surface area contributed by atoms with Gasteiger partial charge in [-0.3, -0.25) is 4.79 Å². The lowest BCUT2D eigenvalue weighted by Gasteiger charge is -2.56. The third kappa shape index (κ3) is 1.80. The normalized spacial score (nSPS) is 46.9. The highest BCUT2D eigenvalue weighted by molar-refractivity contribution is 5.74. The van der Waals surface area contributed by atoms with Gasteiger partial charge in [-0.2, -0.15) is 0 Å². The van der Waals surface area contributed by atoms with Crippen molar-refractivity contribution in [1.29, 1.82) is 0 Å². The van der Waals surface area contributed by atoms with Crippen LogP contribution >= 0.6 is 0 Å². The number of carbonyl (C=O) groups excluding carboxylic acids is 1. The summed E-state index contributed by atoms with van der Waals surface area (Å²) in [5.74, 6) is -2.18. The molecule has 4 aliphatic heterocycles. The summed E-state index contributed by atoms with van der Waals surface area (Å²) < 4.78 is 23.0. The van der Waals surface area contributed by atoms with Crippen LogP contribution in [-0.2, 0) is 23.7 Å². The molecule has 0 spiro atoms. The SMILES string of the molecule is CC(=O)NC12COC(CO)(OC1)C1OC(C)(C)OC12. The fraction of sp³-hybridized carbons (Fsp3) is 0.917. The predicted molar refractivity (Wildman–Crippen MR) is 62.1 cm³/mol. The Kier molecular flexibility index (Phi) is 2.72. The first kappa shape index (κ1) is 13.3. The largest absolute Gasteiger partial charge is 0.391 e. The highest BCUT2D eigenvalue weighted by Gasteiger charge is 2.69. The number of ether oxygens (including phenoxy) is 4. The number of carbonyl (C=O) groups is 1. The molecule has 2 unspecified atom stereocenters. The van der Waals surface area contributed by atoms with Crippen LogP contribution in [0.25, 0.3) is 0 Å². The quantitative estimate of drug-likeness (QED) is 0.680. The molecule has 0 radical (unpaired) electrons. The number of aliphatic hydroxyl groups excluding tert-OH is 1. The Bertz CT molecular complexity index is 401. The van der Waals surface area contributed by atoms with Gasteiger partial charge >= 0.3 is 0 Å². The number of hydrogen-bond donors (Lipinski definition) is 2. The molecule has 108 valence electrons. The number of hydrogen-bond acceptors (Lipinski definition) is 6. The van der Waals surface area contributed by atoms with E-state index >= 15 is 0 Å². The number of amides is 1. The lowest BCUT2D eigenvalue weighted by Crippen LogP contribution is -2.79. The molecule has 1 amide bonds.